The van der Waals surface area contributed by atoms with Gasteiger partial charge >= 0.3 is 17.8 Å². The monoisotopic (exact) mass is 524 g/mol. The third-order valence-corrected chi connectivity index (χ3v) is 7.88. The molecule has 0 N–H and O–H groups in total. The van der Waals surface area contributed by atoms with Crippen LogP contribution in [0.1, 0.15) is 21.4 Å². The van der Waals surface area contributed by atoms with Gasteiger partial charge in [-0.15, -0.1) is 22.7 Å². The molecule has 12 heteroatoms. The predicted molar refractivity (Wildman–Crippen MR) is 122 cm³/mol. The summed E-state index contributed by atoms with van der Waals surface area (Å²) in [4.78, 5) is 16.9. The van der Waals surface area contributed by atoms with E-state index >= 15 is 17.6 Å². The van der Waals surface area contributed by atoms with Crippen LogP contribution in [0.3, 0.4) is 0 Å². The Morgan fingerprint density at radius 2 is 1.03 bits per heavy atom. The molecule has 0 radical (unpaired) electrons. The van der Waals surface area contributed by atoms with E-state index in [-0.39, 0.29) is 11.4 Å². The molecule has 4 heterocycles. The lowest BCUT2D eigenvalue weighted by molar-refractivity contribution is -0.254. The van der Waals surface area contributed by atoms with Crippen LogP contribution < -0.4 is 0 Å². The highest BCUT2D eigenvalue weighted by atomic mass is 32.1. The van der Waals surface area contributed by atoms with Crippen molar-refractivity contribution >= 4 is 33.8 Å². The Hall–Kier alpha value is -3.12. The van der Waals surface area contributed by atoms with Crippen molar-refractivity contribution in [2.24, 2.45) is 0 Å². The van der Waals surface area contributed by atoms with Crippen molar-refractivity contribution < 1.29 is 26.3 Å². The Bertz CT molecular complexity index is 1340. The van der Waals surface area contributed by atoms with Gasteiger partial charge in [-0.05, 0) is 38.1 Å². The molecular formula is C23H14F6N4S2. The van der Waals surface area contributed by atoms with Crippen molar-refractivity contribution in [1.82, 2.24) is 19.9 Å². The second kappa shape index (κ2) is 7.95. The molecule has 0 saturated heterocycles. The third kappa shape index (κ3) is 3.41. The van der Waals surface area contributed by atoms with Crippen molar-refractivity contribution in [3.05, 3.63) is 70.2 Å². The van der Waals surface area contributed by atoms with E-state index in [0.29, 0.717) is 43.8 Å². The topological polar surface area (TPSA) is 51.6 Å². The van der Waals surface area contributed by atoms with Crippen molar-refractivity contribution in [2.75, 3.05) is 0 Å². The normalized spacial score (nSPS) is 18.3. The minimum atomic E-state index is -5.68. The minimum absolute atomic E-state index is 0.203. The van der Waals surface area contributed by atoms with Crippen LogP contribution in [0.2, 0.25) is 0 Å². The van der Waals surface area contributed by atoms with Crippen LogP contribution in [0.15, 0.2) is 48.8 Å². The first kappa shape index (κ1) is 23.6. The Morgan fingerprint density at radius 1 is 0.629 bits per heavy atom. The van der Waals surface area contributed by atoms with E-state index in [1.54, 1.807) is 36.4 Å². The molecule has 4 nitrogen and oxygen atoms in total. The van der Waals surface area contributed by atoms with Gasteiger partial charge in [0.2, 0.25) is 0 Å². The zero-order valence-corrected chi connectivity index (χ0v) is 19.6. The van der Waals surface area contributed by atoms with Gasteiger partial charge in [-0.1, -0.05) is 12.1 Å². The van der Waals surface area contributed by atoms with Crippen LogP contribution >= 0.6 is 22.7 Å². The fourth-order valence-electron chi connectivity index (χ4n) is 3.78. The molecule has 1 aliphatic rings. The fraction of sp³-hybridized carbons (Fsp3) is 0.217. The molecule has 0 unspecified atom stereocenters. The molecule has 4 aromatic rings. The number of hydrogen-bond acceptors (Lipinski definition) is 6. The minimum Gasteiger partial charge on any atom is -0.255 e. The molecule has 35 heavy (non-hydrogen) atoms. The summed E-state index contributed by atoms with van der Waals surface area (Å²) >= 11 is 1.21. The van der Waals surface area contributed by atoms with Gasteiger partial charge in [0.25, 0.3) is 0 Å². The molecule has 0 aromatic carbocycles. The molecule has 0 saturated carbocycles. The first-order valence-electron chi connectivity index (χ1n) is 10.1. The molecule has 1 aliphatic carbocycles. The first-order chi connectivity index (χ1) is 16.5. The number of pyridine rings is 2. The van der Waals surface area contributed by atoms with Gasteiger partial charge in [0.15, 0.2) is 0 Å². The lowest BCUT2D eigenvalue weighted by Crippen LogP contribution is -2.48. The van der Waals surface area contributed by atoms with Crippen LogP contribution in [0, 0.1) is 13.8 Å². The van der Waals surface area contributed by atoms with E-state index in [1.165, 1.54) is 26.2 Å². The first-order valence-corrected chi connectivity index (χ1v) is 11.8. The third-order valence-electron chi connectivity index (χ3n) is 5.48. The van der Waals surface area contributed by atoms with Gasteiger partial charge in [0.05, 0.1) is 43.7 Å². The molecule has 0 aliphatic heterocycles. The van der Waals surface area contributed by atoms with E-state index < -0.39 is 38.9 Å². The van der Waals surface area contributed by atoms with Crippen LogP contribution in [0.4, 0.5) is 26.3 Å². The van der Waals surface area contributed by atoms with Crippen LogP contribution in [0.25, 0.3) is 32.3 Å². The van der Waals surface area contributed by atoms with Crippen molar-refractivity contribution in [3.63, 3.8) is 0 Å². The van der Waals surface area contributed by atoms with Crippen molar-refractivity contribution in [1.29, 1.82) is 0 Å². The summed E-state index contributed by atoms with van der Waals surface area (Å²) in [6.07, 6.45) is 2.92. The largest absolute Gasteiger partial charge is 0.380 e. The van der Waals surface area contributed by atoms with Gasteiger partial charge < -0.3 is 0 Å². The SMILES string of the molecule is Cc1nc(C2=C(c3nc(C)c(-c4ccccn4)s3)C(F)(F)C(F)(F)C2(F)F)sc1-c1ccccn1. The highest BCUT2D eigenvalue weighted by Gasteiger charge is 2.81. The number of halogens is 6. The van der Waals surface area contributed by atoms with E-state index in [0.717, 1.165) is 0 Å². The van der Waals surface area contributed by atoms with E-state index in [1.807, 2.05) is 0 Å². The molecule has 0 bridgehead atoms. The lowest BCUT2D eigenvalue weighted by Gasteiger charge is -2.25. The molecule has 5 rings (SSSR count). The van der Waals surface area contributed by atoms with E-state index in [4.69, 9.17) is 0 Å². The fourth-order valence-corrected chi connectivity index (χ4v) is 6.04. The number of thiazole rings is 2. The van der Waals surface area contributed by atoms with Crippen LogP contribution in [-0.2, 0) is 0 Å². The smallest absolute Gasteiger partial charge is 0.255 e. The number of hydrogen-bond donors (Lipinski definition) is 0. The molecule has 0 fully saturated rings. The van der Waals surface area contributed by atoms with Crippen molar-refractivity contribution in [3.8, 4) is 21.1 Å². The zero-order valence-electron chi connectivity index (χ0n) is 18.0. The number of alkyl halides is 6. The van der Waals surface area contributed by atoms with E-state index in [9.17, 15) is 8.78 Å². The van der Waals surface area contributed by atoms with Crippen LogP contribution in [-0.4, -0.2) is 37.7 Å². The molecule has 0 spiro atoms. The average molecular weight is 525 g/mol. The number of rotatable bonds is 4. The molecular weight excluding hydrogens is 510 g/mol. The van der Waals surface area contributed by atoms with Crippen LogP contribution in [0.5, 0.6) is 0 Å². The maximum atomic E-state index is 15.1. The Morgan fingerprint density at radius 3 is 1.37 bits per heavy atom. The van der Waals surface area contributed by atoms with Gasteiger partial charge in [-0.25, -0.2) is 9.97 Å². The predicted octanol–water partition coefficient (Wildman–Crippen LogP) is 7.17. The summed E-state index contributed by atoms with van der Waals surface area (Å²) in [5, 5.41) is -1.26. The average Bonchev–Trinajstić information content (AvgIpc) is 3.42. The maximum absolute atomic E-state index is 15.1. The summed E-state index contributed by atoms with van der Waals surface area (Å²) in [6, 6.07) is 9.73. The second-order valence-electron chi connectivity index (χ2n) is 7.77. The van der Waals surface area contributed by atoms with Gasteiger partial charge in [-0.3, -0.25) is 9.97 Å². The summed E-state index contributed by atoms with van der Waals surface area (Å²) in [5.41, 5.74) is -1.92. The maximum Gasteiger partial charge on any atom is 0.380 e. The quantitative estimate of drug-likeness (QED) is 0.266. The molecule has 4 aromatic heterocycles. The number of aromatic nitrogens is 4. The highest BCUT2D eigenvalue weighted by Crippen LogP contribution is 2.65. The summed E-state index contributed by atoms with van der Waals surface area (Å²) in [7, 11) is 0. The Kier molecular flexibility index (Phi) is 5.37. The van der Waals surface area contributed by atoms with Gasteiger partial charge in [0, 0.05) is 12.4 Å². The highest BCUT2D eigenvalue weighted by molar-refractivity contribution is 7.17. The lowest BCUT2D eigenvalue weighted by atomic mass is 10.1. The number of allylic oxidation sites excluding steroid dienone is 2. The standard InChI is InChI=1S/C23H14F6N4S2/c1-11-17(13-7-3-5-9-30-13)34-19(32-11)15-16(22(26,27)23(28,29)21(15,24)25)20-33-12(2)18(35-20)14-8-4-6-10-31-14/h3-10H,1-2H3. The summed E-state index contributed by atoms with van der Waals surface area (Å²) in [6.45, 7) is 2.95. The second-order valence-corrected chi connectivity index (χ2v) is 9.77. The molecule has 180 valence electrons. The molecule has 0 amide bonds. The van der Waals surface area contributed by atoms with E-state index in [2.05, 4.69) is 19.9 Å². The molecule has 0 atom stereocenters. The Balaban J connectivity index is 1.77. The number of aryl methyl sites for hydroxylation is 2. The van der Waals surface area contributed by atoms with Crippen molar-refractivity contribution in [2.45, 2.75) is 31.6 Å². The Labute approximate surface area is 203 Å². The van der Waals surface area contributed by atoms with Gasteiger partial charge in [-0.2, -0.15) is 26.3 Å². The van der Waals surface area contributed by atoms with Gasteiger partial charge in [0.1, 0.15) is 10.0 Å². The summed E-state index contributed by atoms with van der Waals surface area (Å²) in [5.74, 6) is -16.1. The number of nitrogens with zero attached hydrogens (tertiary/aromatic N) is 4. The summed E-state index contributed by atoms with van der Waals surface area (Å²) < 4.78 is 89.7. The zero-order chi connectivity index (χ0) is 25.2.